The number of nitrogens with one attached hydrogen (secondary N) is 1. The molecule has 4 heterocycles. The lowest BCUT2D eigenvalue weighted by Crippen LogP contribution is -2.41. The van der Waals surface area contributed by atoms with Crippen molar-refractivity contribution in [1.82, 2.24) is 20.0 Å². The van der Waals surface area contributed by atoms with E-state index < -0.39 is 19.4 Å². The Morgan fingerprint density at radius 2 is 1.88 bits per heavy atom. The topological polar surface area (TPSA) is 101 Å². The first-order valence-corrected chi connectivity index (χ1v) is 18.3. The number of aromatic nitrogens is 3. The number of benzene rings is 1. The number of imidazole rings is 1. The number of hydrogen-bond donors (Lipinski definition) is 1. The highest BCUT2D eigenvalue weighted by atomic mass is 28.3. The van der Waals surface area contributed by atoms with Crippen LogP contribution in [0.25, 0.3) is 11.3 Å². The zero-order chi connectivity index (χ0) is 28.9. The summed E-state index contributed by atoms with van der Waals surface area (Å²) in [5.41, 5.74) is 1.13. The molecule has 222 valence electrons. The van der Waals surface area contributed by atoms with Gasteiger partial charge in [-0.05, 0) is 37.4 Å². The van der Waals surface area contributed by atoms with Crippen molar-refractivity contribution in [1.29, 1.82) is 0 Å². The molecule has 41 heavy (non-hydrogen) atoms. The summed E-state index contributed by atoms with van der Waals surface area (Å²) in [6.07, 6.45) is 8.27. The van der Waals surface area contributed by atoms with Crippen LogP contribution in [0.5, 0.6) is 0 Å². The van der Waals surface area contributed by atoms with Gasteiger partial charge in [0.1, 0.15) is 30.3 Å². The predicted octanol–water partition coefficient (Wildman–Crippen LogP) is 5.95. The molecule has 2 fully saturated rings. The molecule has 0 spiro atoms. The van der Waals surface area contributed by atoms with E-state index in [1.165, 1.54) is 12.3 Å². The van der Waals surface area contributed by atoms with Gasteiger partial charge in [0.2, 0.25) is 11.7 Å². The van der Waals surface area contributed by atoms with Crippen LogP contribution in [0.2, 0.25) is 25.7 Å². The SMILES string of the molecule is C[Si](C)(C)CCOCn1c(-c2ccccc2F)cnc1C1(CCCCCC2(c3ccon3)OCCO2)CCC(=O)N1. The van der Waals surface area contributed by atoms with E-state index in [1.54, 1.807) is 24.4 Å². The quantitative estimate of drug-likeness (QED) is 0.185. The fourth-order valence-electron chi connectivity index (χ4n) is 5.74. The van der Waals surface area contributed by atoms with Crippen LogP contribution in [0.1, 0.15) is 56.5 Å². The van der Waals surface area contributed by atoms with Crippen molar-refractivity contribution in [3.8, 4) is 11.3 Å². The third-order valence-corrected chi connectivity index (χ3v) is 9.70. The van der Waals surface area contributed by atoms with Gasteiger partial charge in [0.05, 0.1) is 30.6 Å². The standard InChI is InChI=1S/C30H41FN4O5Si/c1-41(2,3)20-19-37-22-35-25(23-9-5-6-10-24(23)31)21-32-28(35)29(15-11-27(36)33-29)13-7-4-8-14-30(38-17-18-39-30)26-12-16-40-34-26/h5-6,9-10,12,16,21H,4,7-8,11,13-15,17-20,22H2,1-3H3,(H,33,36). The van der Waals surface area contributed by atoms with E-state index in [1.807, 2.05) is 10.6 Å². The number of rotatable bonds is 14. The minimum absolute atomic E-state index is 0.00406. The zero-order valence-corrected chi connectivity index (χ0v) is 25.3. The monoisotopic (exact) mass is 584 g/mol. The Hall–Kier alpha value is -2.86. The first-order chi connectivity index (χ1) is 19.7. The highest BCUT2D eigenvalue weighted by Crippen LogP contribution is 2.40. The first-order valence-electron chi connectivity index (χ1n) is 14.6. The number of carbonyl (C=O) groups excluding carboxylic acids is 1. The van der Waals surface area contributed by atoms with Crippen LogP contribution in [-0.4, -0.2) is 48.5 Å². The third-order valence-electron chi connectivity index (χ3n) is 8.00. The lowest BCUT2D eigenvalue weighted by atomic mass is 9.89. The van der Waals surface area contributed by atoms with E-state index in [4.69, 9.17) is 23.7 Å². The van der Waals surface area contributed by atoms with Crippen molar-refractivity contribution in [3.05, 3.63) is 60.1 Å². The minimum atomic E-state index is -1.28. The van der Waals surface area contributed by atoms with Crippen LogP contribution in [0.15, 0.2) is 47.3 Å². The second-order valence-corrected chi connectivity index (χ2v) is 17.9. The molecule has 2 aliphatic heterocycles. The van der Waals surface area contributed by atoms with Crippen molar-refractivity contribution in [2.24, 2.45) is 0 Å². The molecule has 5 rings (SSSR count). The molecule has 11 heteroatoms. The third kappa shape index (κ3) is 6.80. The molecule has 2 saturated heterocycles. The zero-order valence-electron chi connectivity index (χ0n) is 24.3. The number of carbonyl (C=O) groups is 1. The van der Waals surface area contributed by atoms with Crippen molar-refractivity contribution >= 4 is 14.0 Å². The van der Waals surface area contributed by atoms with Gasteiger partial charge >= 0.3 is 0 Å². The summed E-state index contributed by atoms with van der Waals surface area (Å²) in [4.78, 5) is 17.4. The van der Waals surface area contributed by atoms with Crippen LogP contribution in [0, 0.1) is 5.82 Å². The summed E-state index contributed by atoms with van der Waals surface area (Å²) >= 11 is 0. The van der Waals surface area contributed by atoms with E-state index in [2.05, 4.69) is 30.1 Å². The summed E-state index contributed by atoms with van der Waals surface area (Å²) < 4.78 is 40.0. The molecule has 0 saturated carbocycles. The number of ether oxygens (including phenoxy) is 3. The molecule has 9 nitrogen and oxygen atoms in total. The Morgan fingerprint density at radius 1 is 1.10 bits per heavy atom. The molecular weight excluding hydrogens is 543 g/mol. The van der Waals surface area contributed by atoms with E-state index >= 15 is 0 Å². The van der Waals surface area contributed by atoms with Crippen LogP contribution < -0.4 is 5.32 Å². The van der Waals surface area contributed by atoms with E-state index in [-0.39, 0.29) is 18.5 Å². The fourth-order valence-corrected chi connectivity index (χ4v) is 6.49. The molecule has 0 aliphatic carbocycles. The van der Waals surface area contributed by atoms with Crippen molar-refractivity contribution in [2.75, 3.05) is 19.8 Å². The van der Waals surface area contributed by atoms with Crippen LogP contribution in [0.4, 0.5) is 4.39 Å². The predicted molar refractivity (Wildman–Crippen MR) is 154 cm³/mol. The number of amides is 1. The molecule has 0 bridgehead atoms. The number of halogens is 1. The lowest BCUT2D eigenvalue weighted by Gasteiger charge is -2.30. The van der Waals surface area contributed by atoms with Crippen LogP contribution in [-0.2, 0) is 37.1 Å². The van der Waals surface area contributed by atoms with Crippen molar-refractivity contribution < 1.29 is 27.9 Å². The van der Waals surface area contributed by atoms with Crippen LogP contribution in [0.3, 0.4) is 0 Å². The van der Waals surface area contributed by atoms with E-state index in [0.29, 0.717) is 62.5 Å². The maximum absolute atomic E-state index is 14.9. The molecule has 2 aromatic heterocycles. The Bertz CT molecular complexity index is 1300. The number of unbranched alkanes of at least 4 members (excludes halogenated alkanes) is 2. The average molecular weight is 585 g/mol. The molecule has 1 N–H and O–H groups in total. The Morgan fingerprint density at radius 3 is 2.56 bits per heavy atom. The number of nitrogens with zero attached hydrogens (tertiary/aromatic N) is 3. The van der Waals surface area contributed by atoms with Gasteiger partial charge in [-0.25, -0.2) is 9.37 Å². The molecule has 0 radical (unpaired) electrons. The summed E-state index contributed by atoms with van der Waals surface area (Å²) in [5.74, 6) is -0.450. The van der Waals surface area contributed by atoms with Gasteiger partial charge in [0.15, 0.2) is 0 Å². The smallest absolute Gasteiger partial charge is 0.220 e. The lowest BCUT2D eigenvalue weighted by molar-refractivity contribution is -0.176. The van der Waals surface area contributed by atoms with Gasteiger partial charge in [-0.3, -0.25) is 4.79 Å². The van der Waals surface area contributed by atoms with Gasteiger partial charge in [-0.15, -0.1) is 0 Å². The number of hydrogen-bond acceptors (Lipinski definition) is 7. The molecule has 1 atom stereocenters. The molecule has 1 amide bonds. The normalized spacial score (nSPS) is 20.5. The summed E-state index contributed by atoms with van der Waals surface area (Å²) in [5, 5.41) is 7.30. The summed E-state index contributed by atoms with van der Waals surface area (Å²) in [6.45, 7) is 8.85. The van der Waals surface area contributed by atoms with Gasteiger partial charge in [0, 0.05) is 39.2 Å². The van der Waals surface area contributed by atoms with Gasteiger partial charge < -0.3 is 28.6 Å². The van der Waals surface area contributed by atoms with Crippen molar-refractivity contribution in [2.45, 2.75) is 88.7 Å². The molecular formula is C30H41FN4O5Si. The Kier molecular flexibility index (Phi) is 9.08. The summed E-state index contributed by atoms with van der Waals surface area (Å²) in [6, 6.07) is 9.52. The van der Waals surface area contributed by atoms with E-state index in [0.717, 1.165) is 31.1 Å². The Labute approximate surface area is 241 Å². The highest BCUT2D eigenvalue weighted by molar-refractivity contribution is 6.76. The largest absolute Gasteiger partial charge is 0.364 e. The first kappa shape index (κ1) is 29.6. The molecule has 1 aromatic carbocycles. The highest BCUT2D eigenvalue weighted by Gasteiger charge is 2.44. The molecule has 3 aromatic rings. The van der Waals surface area contributed by atoms with Gasteiger partial charge in [-0.2, -0.15) is 0 Å². The summed E-state index contributed by atoms with van der Waals surface area (Å²) in [7, 11) is -1.28. The van der Waals surface area contributed by atoms with Crippen molar-refractivity contribution in [3.63, 3.8) is 0 Å². The van der Waals surface area contributed by atoms with Gasteiger partial charge in [0.25, 0.3) is 0 Å². The van der Waals surface area contributed by atoms with Gasteiger partial charge in [-0.1, -0.05) is 49.8 Å². The second-order valence-electron chi connectivity index (χ2n) is 12.2. The molecule has 1 unspecified atom stereocenters. The maximum atomic E-state index is 14.9. The average Bonchev–Trinajstić information content (AvgIpc) is 3.74. The Balaban J connectivity index is 1.32. The van der Waals surface area contributed by atoms with Crippen LogP contribution >= 0.6 is 0 Å². The van der Waals surface area contributed by atoms with E-state index in [9.17, 15) is 9.18 Å². The minimum Gasteiger partial charge on any atom is -0.364 e. The molecule has 2 aliphatic rings. The maximum Gasteiger partial charge on any atom is 0.220 e. The fraction of sp³-hybridized carbons (Fsp3) is 0.567. The second kappa shape index (κ2) is 12.6.